The Balaban J connectivity index is 2.28. The van der Waals surface area contributed by atoms with Crippen LogP contribution >= 0.6 is 11.8 Å². The largest absolute Gasteiger partial charge is 0.478 e. The third kappa shape index (κ3) is 3.10. The van der Waals surface area contributed by atoms with E-state index in [2.05, 4.69) is 15.0 Å². The molecule has 19 heavy (non-hydrogen) atoms. The molecule has 0 bridgehead atoms. The molecular weight excluding hydrogens is 266 g/mol. The van der Waals surface area contributed by atoms with E-state index in [9.17, 15) is 4.79 Å². The number of hydrogen-bond acceptors (Lipinski definition) is 7. The quantitative estimate of drug-likeness (QED) is 0.714. The molecule has 0 atom stereocenters. The summed E-state index contributed by atoms with van der Waals surface area (Å²) in [5, 5.41) is 9.86. The van der Waals surface area contributed by atoms with E-state index in [4.69, 9.17) is 16.6 Å². The molecular formula is C11H11N5O2S. The highest BCUT2D eigenvalue weighted by Crippen LogP contribution is 2.25. The number of hydrogen-bond donors (Lipinski definition) is 3. The summed E-state index contributed by atoms with van der Waals surface area (Å²) in [4.78, 5) is 23.1. The van der Waals surface area contributed by atoms with Gasteiger partial charge in [0.05, 0.1) is 11.3 Å². The topological polar surface area (TPSA) is 128 Å². The van der Waals surface area contributed by atoms with Crippen LogP contribution in [0.15, 0.2) is 28.4 Å². The molecule has 0 saturated carbocycles. The van der Waals surface area contributed by atoms with Crippen molar-refractivity contribution in [2.75, 3.05) is 11.5 Å². The minimum Gasteiger partial charge on any atom is -0.478 e. The lowest BCUT2D eigenvalue weighted by molar-refractivity contribution is 0.0695. The number of nitrogens with two attached hydrogens (primary N) is 2. The molecule has 0 aliphatic heterocycles. The summed E-state index contributed by atoms with van der Waals surface area (Å²) >= 11 is 1.16. The van der Waals surface area contributed by atoms with Crippen molar-refractivity contribution in [2.45, 2.75) is 17.1 Å². The summed E-state index contributed by atoms with van der Waals surface area (Å²) in [6, 6.07) is 4.53. The van der Waals surface area contributed by atoms with Gasteiger partial charge in [0.25, 0.3) is 0 Å². The van der Waals surface area contributed by atoms with E-state index in [1.807, 2.05) is 0 Å². The predicted octanol–water partition coefficient (Wildman–Crippen LogP) is 1.19. The first-order chi connectivity index (χ1) is 8.95. The molecule has 2 aromatic rings. The molecule has 0 aromatic carbocycles. The molecule has 0 saturated heterocycles. The van der Waals surface area contributed by atoms with Gasteiger partial charge in [-0.05, 0) is 30.8 Å². The number of aryl methyl sites for hydroxylation is 1. The SMILES string of the molecule is Cc1nc(Sc2nc(N)cc(N)n2)ccc1C(=O)O. The number of carboxylic acid groups (broad SMARTS) is 1. The molecule has 0 aliphatic carbocycles. The van der Waals surface area contributed by atoms with Gasteiger partial charge in [0.1, 0.15) is 16.7 Å². The van der Waals surface area contributed by atoms with Gasteiger partial charge in [0, 0.05) is 6.07 Å². The van der Waals surface area contributed by atoms with Crippen LogP contribution in [0.5, 0.6) is 0 Å². The molecule has 0 radical (unpaired) electrons. The summed E-state index contributed by atoms with van der Waals surface area (Å²) < 4.78 is 0. The van der Waals surface area contributed by atoms with E-state index in [0.717, 1.165) is 11.8 Å². The molecule has 2 rings (SSSR count). The monoisotopic (exact) mass is 277 g/mol. The van der Waals surface area contributed by atoms with Crippen molar-refractivity contribution in [3.8, 4) is 0 Å². The number of anilines is 2. The summed E-state index contributed by atoms with van der Waals surface area (Å²) in [5.74, 6) is -0.464. The number of aromatic carboxylic acids is 1. The molecule has 5 N–H and O–H groups in total. The van der Waals surface area contributed by atoms with E-state index in [1.165, 1.54) is 12.1 Å². The summed E-state index contributed by atoms with van der Waals surface area (Å²) in [6.07, 6.45) is 0. The Bertz CT molecular complexity index is 627. The fraction of sp³-hybridized carbons (Fsp3) is 0.0909. The third-order valence-electron chi connectivity index (χ3n) is 2.23. The fourth-order valence-corrected chi connectivity index (χ4v) is 2.23. The second-order valence-corrected chi connectivity index (χ2v) is 4.68. The van der Waals surface area contributed by atoms with Gasteiger partial charge in [-0.2, -0.15) is 0 Å². The zero-order valence-corrected chi connectivity index (χ0v) is 10.8. The van der Waals surface area contributed by atoms with Crippen molar-refractivity contribution >= 4 is 29.4 Å². The van der Waals surface area contributed by atoms with E-state index >= 15 is 0 Å². The Morgan fingerprint density at radius 2 is 1.84 bits per heavy atom. The molecule has 0 amide bonds. The highest BCUT2D eigenvalue weighted by molar-refractivity contribution is 7.99. The Morgan fingerprint density at radius 3 is 2.37 bits per heavy atom. The predicted molar refractivity (Wildman–Crippen MR) is 70.9 cm³/mol. The molecule has 2 heterocycles. The number of nitrogens with zero attached hydrogens (tertiary/aromatic N) is 3. The normalized spacial score (nSPS) is 10.4. The molecule has 0 fully saturated rings. The molecule has 8 heteroatoms. The number of carboxylic acids is 1. The van der Waals surface area contributed by atoms with E-state index in [1.54, 1.807) is 13.0 Å². The van der Waals surface area contributed by atoms with Crippen molar-refractivity contribution in [1.29, 1.82) is 0 Å². The van der Waals surface area contributed by atoms with Crippen LogP contribution in [0, 0.1) is 6.92 Å². The Kier molecular flexibility index (Phi) is 3.52. The lowest BCUT2D eigenvalue weighted by Gasteiger charge is -2.04. The highest BCUT2D eigenvalue weighted by Gasteiger charge is 2.10. The first-order valence-corrected chi connectivity index (χ1v) is 6.06. The van der Waals surface area contributed by atoms with Gasteiger partial charge in [-0.15, -0.1) is 0 Å². The minimum atomic E-state index is -1.01. The Labute approximate surface area is 113 Å². The average Bonchev–Trinajstić information content (AvgIpc) is 2.26. The summed E-state index contributed by atoms with van der Waals surface area (Å²) in [6.45, 7) is 1.63. The number of aromatic nitrogens is 3. The first kappa shape index (κ1) is 13.1. The molecule has 2 aromatic heterocycles. The van der Waals surface area contributed by atoms with Crippen LogP contribution in [0.25, 0.3) is 0 Å². The van der Waals surface area contributed by atoms with Crippen LogP contribution in [-0.4, -0.2) is 26.0 Å². The molecule has 7 nitrogen and oxygen atoms in total. The maximum absolute atomic E-state index is 10.9. The van der Waals surface area contributed by atoms with Gasteiger partial charge in [-0.3, -0.25) is 0 Å². The van der Waals surface area contributed by atoms with E-state index in [0.29, 0.717) is 15.9 Å². The highest BCUT2D eigenvalue weighted by atomic mass is 32.2. The fourth-order valence-electron chi connectivity index (χ4n) is 1.42. The molecule has 0 aliphatic rings. The van der Waals surface area contributed by atoms with Crippen LogP contribution < -0.4 is 11.5 Å². The average molecular weight is 277 g/mol. The number of nitrogen functional groups attached to an aromatic ring is 2. The Morgan fingerprint density at radius 1 is 1.21 bits per heavy atom. The third-order valence-corrected chi connectivity index (χ3v) is 3.03. The van der Waals surface area contributed by atoms with Gasteiger partial charge < -0.3 is 16.6 Å². The van der Waals surface area contributed by atoms with Crippen LogP contribution in [-0.2, 0) is 0 Å². The van der Waals surface area contributed by atoms with E-state index < -0.39 is 5.97 Å². The number of rotatable bonds is 3. The van der Waals surface area contributed by atoms with Crippen LogP contribution in [0.3, 0.4) is 0 Å². The van der Waals surface area contributed by atoms with Crippen molar-refractivity contribution < 1.29 is 9.90 Å². The molecule has 0 spiro atoms. The van der Waals surface area contributed by atoms with Crippen molar-refractivity contribution in [1.82, 2.24) is 15.0 Å². The minimum absolute atomic E-state index is 0.164. The summed E-state index contributed by atoms with van der Waals surface area (Å²) in [5.41, 5.74) is 11.7. The van der Waals surface area contributed by atoms with Crippen molar-refractivity contribution in [3.05, 3.63) is 29.5 Å². The van der Waals surface area contributed by atoms with Gasteiger partial charge in [-0.1, -0.05) is 0 Å². The van der Waals surface area contributed by atoms with Gasteiger partial charge in [0.2, 0.25) is 0 Å². The van der Waals surface area contributed by atoms with Gasteiger partial charge >= 0.3 is 5.97 Å². The lowest BCUT2D eigenvalue weighted by Crippen LogP contribution is -2.02. The lowest BCUT2D eigenvalue weighted by atomic mass is 10.2. The zero-order valence-electron chi connectivity index (χ0n) is 9.99. The first-order valence-electron chi connectivity index (χ1n) is 5.24. The zero-order chi connectivity index (χ0) is 14.0. The second kappa shape index (κ2) is 5.11. The Hall–Kier alpha value is -2.35. The molecule has 0 unspecified atom stereocenters. The van der Waals surface area contributed by atoms with Crippen LogP contribution in [0.4, 0.5) is 11.6 Å². The number of pyridine rings is 1. The smallest absolute Gasteiger partial charge is 0.337 e. The number of carbonyl (C=O) groups is 1. The van der Waals surface area contributed by atoms with E-state index in [-0.39, 0.29) is 17.2 Å². The standard InChI is InChI=1S/C11H11N5O2S/c1-5-6(10(17)18)2-3-9(14-5)19-11-15-7(12)4-8(13)16-11/h2-4H,1H3,(H,17,18)(H4,12,13,15,16). The second-order valence-electron chi connectivity index (χ2n) is 3.69. The summed E-state index contributed by atoms with van der Waals surface area (Å²) in [7, 11) is 0. The van der Waals surface area contributed by atoms with Crippen molar-refractivity contribution in [3.63, 3.8) is 0 Å². The van der Waals surface area contributed by atoms with Crippen LogP contribution in [0.2, 0.25) is 0 Å². The van der Waals surface area contributed by atoms with Gasteiger partial charge in [-0.25, -0.2) is 19.7 Å². The maximum atomic E-state index is 10.9. The molecule has 98 valence electrons. The van der Waals surface area contributed by atoms with Gasteiger partial charge in [0.15, 0.2) is 5.16 Å². The van der Waals surface area contributed by atoms with Crippen LogP contribution in [0.1, 0.15) is 16.1 Å². The maximum Gasteiger partial charge on any atom is 0.337 e. The van der Waals surface area contributed by atoms with Crippen molar-refractivity contribution in [2.24, 2.45) is 0 Å².